The number of Topliss-reactive ketones (excluding diaryl/α,β-unsaturated/α-hetero) is 2. The SMILES string of the molecule is CCC(C)C(=O)C1=C(C)C(CCC=C(C)C)CC1=O. The van der Waals surface area contributed by atoms with Crippen LogP contribution >= 0.6 is 0 Å². The van der Waals surface area contributed by atoms with Crippen LogP contribution in [0.4, 0.5) is 0 Å². The average Bonchev–Trinajstić information content (AvgIpc) is 2.62. The lowest BCUT2D eigenvalue weighted by atomic mass is 9.92. The Hall–Kier alpha value is -1.18. The Kier molecular flexibility index (Phi) is 5.71. The number of hydrogen-bond donors (Lipinski definition) is 0. The second kappa shape index (κ2) is 6.83. The van der Waals surface area contributed by atoms with Gasteiger partial charge in [0.1, 0.15) is 0 Å². The number of rotatable bonds is 6. The molecule has 0 bridgehead atoms. The van der Waals surface area contributed by atoms with Gasteiger partial charge in [0, 0.05) is 12.3 Å². The minimum atomic E-state index is -0.0366. The van der Waals surface area contributed by atoms with Gasteiger partial charge in [-0.3, -0.25) is 9.59 Å². The molecule has 1 aliphatic carbocycles. The van der Waals surface area contributed by atoms with Crippen LogP contribution in [-0.4, -0.2) is 11.6 Å². The second-order valence-electron chi connectivity index (χ2n) is 5.91. The van der Waals surface area contributed by atoms with E-state index in [9.17, 15) is 9.59 Å². The van der Waals surface area contributed by atoms with E-state index in [-0.39, 0.29) is 23.4 Å². The summed E-state index contributed by atoms with van der Waals surface area (Å²) in [6.07, 6.45) is 5.49. The Morgan fingerprint density at radius 3 is 2.58 bits per heavy atom. The molecular formula is C17H26O2. The van der Waals surface area contributed by atoms with Crippen LogP contribution in [0, 0.1) is 11.8 Å². The van der Waals surface area contributed by atoms with E-state index in [2.05, 4.69) is 19.9 Å². The van der Waals surface area contributed by atoms with Crippen molar-refractivity contribution in [3.05, 3.63) is 22.8 Å². The van der Waals surface area contributed by atoms with Crippen LogP contribution in [-0.2, 0) is 9.59 Å². The van der Waals surface area contributed by atoms with E-state index in [0.29, 0.717) is 12.0 Å². The molecule has 1 aliphatic rings. The lowest BCUT2D eigenvalue weighted by Gasteiger charge is -2.11. The summed E-state index contributed by atoms with van der Waals surface area (Å²) in [5.74, 6) is 0.344. The number of carbonyl (C=O) groups excluding carboxylic acids is 2. The third-order valence-corrected chi connectivity index (χ3v) is 4.09. The monoisotopic (exact) mass is 262 g/mol. The van der Waals surface area contributed by atoms with Crippen molar-refractivity contribution in [1.82, 2.24) is 0 Å². The quantitative estimate of drug-likeness (QED) is 0.529. The lowest BCUT2D eigenvalue weighted by molar-refractivity contribution is -0.123. The summed E-state index contributed by atoms with van der Waals surface area (Å²) in [4.78, 5) is 24.3. The minimum Gasteiger partial charge on any atom is -0.294 e. The fraction of sp³-hybridized carbons (Fsp3) is 0.647. The third-order valence-electron chi connectivity index (χ3n) is 4.09. The number of allylic oxidation sites excluding steroid dienone is 4. The maximum atomic E-state index is 12.2. The maximum Gasteiger partial charge on any atom is 0.169 e. The third kappa shape index (κ3) is 3.89. The molecule has 0 fully saturated rings. The van der Waals surface area contributed by atoms with Gasteiger partial charge in [0.25, 0.3) is 0 Å². The highest BCUT2D eigenvalue weighted by Gasteiger charge is 2.34. The molecule has 0 N–H and O–H groups in total. The average molecular weight is 262 g/mol. The normalized spacial score (nSPS) is 20.7. The van der Waals surface area contributed by atoms with Gasteiger partial charge in [0.2, 0.25) is 0 Å². The molecule has 0 heterocycles. The Morgan fingerprint density at radius 1 is 1.42 bits per heavy atom. The van der Waals surface area contributed by atoms with Crippen LogP contribution in [0.3, 0.4) is 0 Å². The first-order valence-corrected chi connectivity index (χ1v) is 7.30. The first-order chi connectivity index (χ1) is 8.88. The van der Waals surface area contributed by atoms with Crippen molar-refractivity contribution in [3.8, 4) is 0 Å². The topological polar surface area (TPSA) is 34.1 Å². The van der Waals surface area contributed by atoms with E-state index in [1.807, 2.05) is 20.8 Å². The van der Waals surface area contributed by atoms with Crippen LogP contribution in [0.2, 0.25) is 0 Å². The van der Waals surface area contributed by atoms with Crippen molar-refractivity contribution in [2.75, 3.05) is 0 Å². The number of hydrogen-bond acceptors (Lipinski definition) is 2. The smallest absolute Gasteiger partial charge is 0.169 e. The van der Waals surface area contributed by atoms with Gasteiger partial charge in [0.05, 0.1) is 5.57 Å². The fourth-order valence-corrected chi connectivity index (χ4v) is 2.56. The van der Waals surface area contributed by atoms with Gasteiger partial charge in [-0.2, -0.15) is 0 Å². The molecule has 0 aliphatic heterocycles. The molecular weight excluding hydrogens is 236 g/mol. The summed E-state index contributed by atoms with van der Waals surface area (Å²) in [5.41, 5.74) is 2.84. The summed E-state index contributed by atoms with van der Waals surface area (Å²) in [6, 6.07) is 0. The largest absolute Gasteiger partial charge is 0.294 e. The number of ketones is 2. The van der Waals surface area contributed by atoms with E-state index in [0.717, 1.165) is 24.8 Å². The molecule has 0 spiro atoms. The molecule has 106 valence electrons. The molecule has 0 saturated heterocycles. The zero-order valence-electron chi connectivity index (χ0n) is 12.9. The zero-order chi connectivity index (χ0) is 14.6. The Labute approximate surface area is 117 Å². The predicted molar refractivity (Wildman–Crippen MR) is 78.9 cm³/mol. The van der Waals surface area contributed by atoms with E-state index in [4.69, 9.17) is 0 Å². The second-order valence-corrected chi connectivity index (χ2v) is 5.91. The Bertz CT molecular complexity index is 423. The predicted octanol–water partition coefficient (Wildman–Crippen LogP) is 4.25. The van der Waals surface area contributed by atoms with Gasteiger partial charge in [-0.1, -0.05) is 31.1 Å². The van der Waals surface area contributed by atoms with E-state index >= 15 is 0 Å². The summed E-state index contributed by atoms with van der Waals surface area (Å²) >= 11 is 0. The molecule has 1 rings (SSSR count). The van der Waals surface area contributed by atoms with Crippen LogP contribution in [0.1, 0.15) is 60.3 Å². The Morgan fingerprint density at radius 2 is 2.05 bits per heavy atom. The Balaban J connectivity index is 2.80. The molecule has 0 saturated carbocycles. The lowest BCUT2D eigenvalue weighted by Crippen LogP contribution is -2.17. The summed E-state index contributed by atoms with van der Waals surface area (Å²) < 4.78 is 0. The standard InChI is InChI=1S/C17H26O2/c1-6-12(4)17(19)16-13(5)14(10-15(16)18)9-7-8-11(2)3/h8,12,14H,6-7,9-10H2,1-5H3. The zero-order valence-corrected chi connectivity index (χ0v) is 12.9. The van der Waals surface area contributed by atoms with Gasteiger partial charge >= 0.3 is 0 Å². The molecule has 0 radical (unpaired) electrons. The molecule has 0 aromatic carbocycles. The van der Waals surface area contributed by atoms with Gasteiger partial charge in [-0.15, -0.1) is 0 Å². The van der Waals surface area contributed by atoms with Crippen molar-refractivity contribution in [2.45, 2.75) is 60.3 Å². The van der Waals surface area contributed by atoms with Gasteiger partial charge in [-0.25, -0.2) is 0 Å². The summed E-state index contributed by atoms with van der Waals surface area (Å²) in [7, 11) is 0. The van der Waals surface area contributed by atoms with E-state index in [1.165, 1.54) is 5.57 Å². The van der Waals surface area contributed by atoms with Crippen LogP contribution < -0.4 is 0 Å². The minimum absolute atomic E-state index is 0.0366. The summed E-state index contributed by atoms with van der Waals surface area (Å²) in [5, 5.41) is 0. The van der Waals surface area contributed by atoms with Crippen LogP contribution in [0.15, 0.2) is 22.8 Å². The highest BCUT2D eigenvalue weighted by atomic mass is 16.1. The molecule has 2 nitrogen and oxygen atoms in total. The molecule has 0 amide bonds. The highest BCUT2D eigenvalue weighted by molar-refractivity contribution is 6.22. The van der Waals surface area contributed by atoms with Crippen molar-refractivity contribution >= 4 is 11.6 Å². The van der Waals surface area contributed by atoms with Crippen molar-refractivity contribution in [1.29, 1.82) is 0 Å². The van der Waals surface area contributed by atoms with Crippen molar-refractivity contribution in [2.24, 2.45) is 11.8 Å². The first-order valence-electron chi connectivity index (χ1n) is 7.30. The summed E-state index contributed by atoms with van der Waals surface area (Å²) in [6.45, 7) is 10.0. The van der Waals surface area contributed by atoms with Gasteiger partial charge in [-0.05, 0) is 46.0 Å². The van der Waals surface area contributed by atoms with E-state index < -0.39 is 0 Å². The van der Waals surface area contributed by atoms with E-state index in [1.54, 1.807) is 0 Å². The van der Waals surface area contributed by atoms with Gasteiger partial charge < -0.3 is 0 Å². The molecule has 2 heteroatoms. The van der Waals surface area contributed by atoms with Crippen LogP contribution in [0.5, 0.6) is 0 Å². The van der Waals surface area contributed by atoms with Crippen LogP contribution in [0.25, 0.3) is 0 Å². The maximum absolute atomic E-state index is 12.2. The molecule has 2 unspecified atom stereocenters. The molecule has 19 heavy (non-hydrogen) atoms. The van der Waals surface area contributed by atoms with Gasteiger partial charge in [0.15, 0.2) is 11.6 Å². The van der Waals surface area contributed by atoms with Crippen molar-refractivity contribution < 1.29 is 9.59 Å². The number of carbonyl (C=O) groups is 2. The molecule has 2 atom stereocenters. The van der Waals surface area contributed by atoms with Crippen molar-refractivity contribution in [3.63, 3.8) is 0 Å². The fourth-order valence-electron chi connectivity index (χ4n) is 2.56. The first kappa shape index (κ1) is 15.9. The highest BCUT2D eigenvalue weighted by Crippen LogP contribution is 2.34. The molecule has 0 aromatic heterocycles. The molecule has 0 aromatic rings.